The van der Waals surface area contributed by atoms with Gasteiger partial charge in [-0.3, -0.25) is 0 Å². The van der Waals surface area contributed by atoms with Crippen LogP contribution in [-0.2, 0) is 0 Å². The van der Waals surface area contributed by atoms with Crippen molar-refractivity contribution >= 4 is 66.3 Å². The van der Waals surface area contributed by atoms with E-state index in [2.05, 4.69) is 103 Å². The van der Waals surface area contributed by atoms with Gasteiger partial charge in [0.2, 0.25) is 0 Å². The van der Waals surface area contributed by atoms with Crippen LogP contribution in [-0.4, -0.2) is 0 Å². The standard InChI is InChI=1S/C20H12Br2S3/c21-15-5-1-13(2-6-15)17-9-11-23-19(17)25-20-18(10-12-24-20)14-3-7-16(22)8-4-14/h1-12H. The Hall–Kier alpha value is -0.850. The summed E-state index contributed by atoms with van der Waals surface area (Å²) in [6.45, 7) is 0. The second kappa shape index (κ2) is 7.80. The van der Waals surface area contributed by atoms with Crippen molar-refractivity contribution in [1.82, 2.24) is 0 Å². The molecule has 0 N–H and O–H groups in total. The van der Waals surface area contributed by atoms with E-state index in [0.717, 1.165) is 8.95 Å². The van der Waals surface area contributed by atoms with Gasteiger partial charge in [-0.2, -0.15) is 0 Å². The number of hydrogen-bond donors (Lipinski definition) is 0. The molecule has 0 amide bonds. The summed E-state index contributed by atoms with van der Waals surface area (Å²) in [6.07, 6.45) is 0. The highest BCUT2D eigenvalue weighted by molar-refractivity contribution is 9.10. The van der Waals surface area contributed by atoms with E-state index in [0.29, 0.717) is 0 Å². The van der Waals surface area contributed by atoms with Gasteiger partial charge in [0.05, 0.1) is 8.42 Å². The first kappa shape index (κ1) is 17.6. The van der Waals surface area contributed by atoms with Gasteiger partial charge >= 0.3 is 0 Å². The van der Waals surface area contributed by atoms with Crippen LogP contribution in [0.3, 0.4) is 0 Å². The number of halogens is 2. The fraction of sp³-hybridized carbons (Fsp3) is 0. The molecule has 124 valence electrons. The molecule has 0 bridgehead atoms. The maximum atomic E-state index is 3.51. The van der Waals surface area contributed by atoms with Crippen molar-refractivity contribution in [1.29, 1.82) is 0 Å². The lowest BCUT2D eigenvalue weighted by Gasteiger charge is -2.06. The first-order valence-electron chi connectivity index (χ1n) is 7.55. The van der Waals surface area contributed by atoms with E-state index in [9.17, 15) is 0 Å². The van der Waals surface area contributed by atoms with Gasteiger partial charge in [-0.15, -0.1) is 22.7 Å². The third kappa shape index (κ3) is 3.96. The van der Waals surface area contributed by atoms with E-state index >= 15 is 0 Å². The number of benzene rings is 2. The third-order valence-electron chi connectivity index (χ3n) is 3.76. The zero-order chi connectivity index (χ0) is 17.2. The smallest absolute Gasteiger partial charge is 0.0732 e. The van der Waals surface area contributed by atoms with E-state index < -0.39 is 0 Å². The molecule has 0 aliphatic carbocycles. The fourth-order valence-electron chi connectivity index (χ4n) is 2.52. The molecule has 0 saturated heterocycles. The predicted octanol–water partition coefficient (Wildman–Crippen LogP) is 8.82. The normalized spacial score (nSPS) is 11.0. The molecule has 0 aliphatic heterocycles. The zero-order valence-corrected chi connectivity index (χ0v) is 18.5. The van der Waals surface area contributed by atoms with Crippen molar-refractivity contribution in [2.75, 3.05) is 0 Å². The van der Waals surface area contributed by atoms with Crippen molar-refractivity contribution in [2.45, 2.75) is 8.42 Å². The maximum absolute atomic E-state index is 3.51. The first-order valence-corrected chi connectivity index (χ1v) is 11.7. The molecule has 0 radical (unpaired) electrons. The van der Waals surface area contributed by atoms with Crippen LogP contribution >= 0.6 is 66.3 Å². The summed E-state index contributed by atoms with van der Waals surface area (Å²) < 4.78 is 4.89. The highest BCUT2D eigenvalue weighted by atomic mass is 79.9. The minimum Gasteiger partial charge on any atom is -0.136 e. The molecule has 0 spiro atoms. The van der Waals surface area contributed by atoms with E-state index in [1.807, 2.05) is 11.8 Å². The lowest BCUT2D eigenvalue weighted by molar-refractivity contribution is 1.56. The molecule has 0 atom stereocenters. The molecule has 5 heteroatoms. The van der Waals surface area contributed by atoms with E-state index in [4.69, 9.17) is 0 Å². The SMILES string of the molecule is Brc1ccc(-c2ccsc2Sc2sccc2-c2ccc(Br)cc2)cc1. The molecule has 2 heterocycles. The molecule has 25 heavy (non-hydrogen) atoms. The van der Waals surface area contributed by atoms with Crippen LogP contribution in [0.5, 0.6) is 0 Å². The van der Waals surface area contributed by atoms with Crippen LogP contribution in [0.15, 0.2) is 88.8 Å². The number of thiophene rings is 2. The average Bonchev–Trinajstić information content (AvgIpc) is 3.26. The average molecular weight is 508 g/mol. The van der Waals surface area contributed by atoms with Crippen molar-refractivity contribution in [3.63, 3.8) is 0 Å². The molecule has 4 rings (SSSR count). The van der Waals surface area contributed by atoms with Crippen LogP contribution in [0.2, 0.25) is 0 Å². The Labute approximate surface area is 176 Å². The highest BCUT2D eigenvalue weighted by Crippen LogP contribution is 2.45. The van der Waals surface area contributed by atoms with Crippen molar-refractivity contribution < 1.29 is 0 Å². The van der Waals surface area contributed by atoms with Gasteiger partial charge in [0.25, 0.3) is 0 Å². The number of hydrogen-bond acceptors (Lipinski definition) is 3. The Kier molecular flexibility index (Phi) is 5.48. The summed E-state index contributed by atoms with van der Waals surface area (Å²) in [5, 5.41) is 4.35. The predicted molar refractivity (Wildman–Crippen MR) is 119 cm³/mol. The lowest BCUT2D eigenvalue weighted by atomic mass is 10.1. The van der Waals surface area contributed by atoms with Crippen molar-refractivity contribution in [3.05, 3.63) is 80.4 Å². The largest absolute Gasteiger partial charge is 0.136 e. The summed E-state index contributed by atoms with van der Waals surface area (Å²) in [7, 11) is 0. The van der Waals surface area contributed by atoms with Crippen LogP contribution in [0, 0.1) is 0 Å². The minimum atomic E-state index is 1.11. The second-order valence-electron chi connectivity index (χ2n) is 5.36. The Morgan fingerprint density at radius 2 is 0.960 bits per heavy atom. The van der Waals surface area contributed by atoms with Crippen LogP contribution < -0.4 is 0 Å². The Balaban J connectivity index is 1.67. The van der Waals surface area contributed by atoms with Gasteiger partial charge in [-0.05, 0) is 58.3 Å². The Bertz CT molecular complexity index is 901. The molecule has 0 aliphatic rings. The first-order chi connectivity index (χ1) is 12.2. The summed E-state index contributed by atoms with van der Waals surface area (Å²) in [5.74, 6) is 0. The zero-order valence-electron chi connectivity index (χ0n) is 12.9. The fourth-order valence-corrected chi connectivity index (χ4v) is 6.47. The van der Waals surface area contributed by atoms with E-state index in [1.165, 1.54) is 30.7 Å². The lowest BCUT2D eigenvalue weighted by Crippen LogP contribution is -1.78. The Morgan fingerprint density at radius 1 is 0.560 bits per heavy atom. The molecule has 2 aromatic carbocycles. The number of rotatable bonds is 4. The van der Waals surface area contributed by atoms with Gasteiger partial charge < -0.3 is 0 Å². The minimum absolute atomic E-state index is 1.11. The summed E-state index contributed by atoms with van der Waals surface area (Å²) in [6, 6.07) is 21.5. The van der Waals surface area contributed by atoms with Crippen LogP contribution in [0.4, 0.5) is 0 Å². The molecule has 4 aromatic rings. The summed E-state index contributed by atoms with van der Waals surface area (Å²) >= 11 is 12.5. The topological polar surface area (TPSA) is 0 Å². The molecule has 2 aromatic heterocycles. The quantitative estimate of drug-likeness (QED) is 0.266. The molecular formula is C20H12Br2S3. The molecule has 0 nitrogen and oxygen atoms in total. The van der Waals surface area contributed by atoms with E-state index in [-0.39, 0.29) is 0 Å². The summed E-state index contributed by atoms with van der Waals surface area (Å²) in [4.78, 5) is 0. The highest BCUT2D eigenvalue weighted by Gasteiger charge is 2.13. The molecule has 0 saturated carbocycles. The van der Waals surface area contributed by atoms with Gasteiger partial charge in [0.15, 0.2) is 0 Å². The van der Waals surface area contributed by atoms with Crippen LogP contribution in [0.1, 0.15) is 0 Å². The van der Waals surface area contributed by atoms with Crippen LogP contribution in [0.25, 0.3) is 22.3 Å². The maximum Gasteiger partial charge on any atom is 0.0732 e. The second-order valence-corrected chi connectivity index (χ2v) is 10.6. The molecular weight excluding hydrogens is 496 g/mol. The van der Waals surface area contributed by atoms with Gasteiger partial charge in [0.1, 0.15) is 0 Å². The third-order valence-corrected chi connectivity index (χ3v) is 8.11. The molecule has 0 fully saturated rings. The van der Waals surface area contributed by atoms with Gasteiger partial charge in [0, 0.05) is 20.1 Å². The van der Waals surface area contributed by atoms with Crippen molar-refractivity contribution in [2.24, 2.45) is 0 Å². The van der Waals surface area contributed by atoms with Gasteiger partial charge in [-0.1, -0.05) is 67.9 Å². The summed E-state index contributed by atoms with van der Waals surface area (Å²) in [5.41, 5.74) is 5.12. The molecule has 0 unspecified atom stereocenters. The monoisotopic (exact) mass is 506 g/mol. The van der Waals surface area contributed by atoms with Crippen molar-refractivity contribution in [3.8, 4) is 22.3 Å². The Morgan fingerprint density at radius 3 is 1.36 bits per heavy atom. The van der Waals surface area contributed by atoms with Gasteiger partial charge in [-0.25, -0.2) is 0 Å². The van der Waals surface area contributed by atoms with E-state index in [1.54, 1.807) is 22.7 Å².